The summed E-state index contributed by atoms with van der Waals surface area (Å²) in [6.45, 7) is 4.68. The Morgan fingerprint density at radius 2 is 1.75 bits per heavy atom. The van der Waals surface area contributed by atoms with Crippen LogP contribution in [0.1, 0.15) is 58.8 Å². The number of quaternary nitrogens is 1. The monoisotopic (exact) mass is 430 g/mol. The van der Waals surface area contributed by atoms with E-state index in [9.17, 15) is 13.2 Å². The largest absolute Gasteiger partial charge is 0.336 e. The van der Waals surface area contributed by atoms with Crippen LogP contribution in [0.15, 0.2) is 23.1 Å². The number of hydrogen-bond acceptors (Lipinski definition) is 3. The third-order valence-electron chi connectivity index (χ3n) is 5.34. The summed E-state index contributed by atoms with van der Waals surface area (Å²) in [6, 6.07) is 4.93. The molecule has 0 spiro atoms. The van der Waals surface area contributed by atoms with Gasteiger partial charge in [0.25, 0.3) is 5.91 Å². The molecule has 1 aliphatic carbocycles. The van der Waals surface area contributed by atoms with Crippen LogP contribution in [-0.4, -0.2) is 44.3 Å². The van der Waals surface area contributed by atoms with Gasteiger partial charge in [0.2, 0.25) is 10.0 Å². The standard InChI is InChI=1S/C20H32ClN3O3S/c1-3-24(4-2)28(26,27)17-12-13-18(21)19(14-17)23-20(25)15-22-16-10-8-6-5-7-9-11-16/h12-14,16,22H,3-11,15H2,1-2H3,(H,23,25)/p+1. The molecule has 0 aliphatic heterocycles. The highest BCUT2D eigenvalue weighted by molar-refractivity contribution is 7.89. The number of carbonyl (C=O) groups is 1. The zero-order valence-corrected chi connectivity index (χ0v) is 18.5. The van der Waals surface area contributed by atoms with Crippen LogP contribution in [-0.2, 0) is 14.8 Å². The van der Waals surface area contributed by atoms with Gasteiger partial charge in [-0.05, 0) is 43.9 Å². The lowest BCUT2D eigenvalue weighted by Crippen LogP contribution is -2.91. The lowest BCUT2D eigenvalue weighted by molar-refractivity contribution is -0.680. The Labute approximate surface area is 174 Å². The highest BCUT2D eigenvalue weighted by Gasteiger charge is 2.23. The van der Waals surface area contributed by atoms with Crippen LogP contribution in [0.4, 0.5) is 5.69 Å². The third kappa shape index (κ3) is 6.44. The van der Waals surface area contributed by atoms with Crippen molar-refractivity contribution in [3.8, 4) is 0 Å². The highest BCUT2D eigenvalue weighted by Crippen LogP contribution is 2.27. The molecule has 1 aliphatic rings. The molecule has 0 aromatic heterocycles. The van der Waals surface area contributed by atoms with E-state index in [1.54, 1.807) is 13.8 Å². The van der Waals surface area contributed by atoms with Gasteiger partial charge in [-0.2, -0.15) is 4.31 Å². The minimum Gasteiger partial charge on any atom is -0.336 e. The van der Waals surface area contributed by atoms with E-state index in [2.05, 4.69) is 10.6 Å². The number of carbonyl (C=O) groups excluding carboxylic acids is 1. The first-order valence-corrected chi connectivity index (χ1v) is 12.1. The van der Waals surface area contributed by atoms with E-state index >= 15 is 0 Å². The summed E-state index contributed by atoms with van der Waals surface area (Å²) in [5, 5.41) is 5.21. The van der Waals surface area contributed by atoms with Crippen molar-refractivity contribution in [2.45, 2.75) is 69.7 Å². The van der Waals surface area contributed by atoms with Gasteiger partial charge in [0.15, 0.2) is 6.54 Å². The maximum Gasteiger partial charge on any atom is 0.279 e. The number of nitrogens with two attached hydrogens (primary N) is 1. The van der Waals surface area contributed by atoms with Crippen LogP contribution in [0, 0.1) is 0 Å². The van der Waals surface area contributed by atoms with Crippen LogP contribution < -0.4 is 10.6 Å². The molecule has 1 aromatic carbocycles. The van der Waals surface area contributed by atoms with Gasteiger partial charge in [0, 0.05) is 13.1 Å². The number of nitrogens with zero attached hydrogens (tertiary/aromatic N) is 1. The molecule has 0 atom stereocenters. The molecule has 0 bridgehead atoms. The zero-order chi connectivity index (χ0) is 20.6. The Morgan fingerprint density at radius 3 is 2.36 bits per heavy atom. The molecule has 2 rings (SSSR count). The van der Waals surface area contributed by atoms with Gasteiger partial charge in [0.05, 0.1) is 21.6 Å². The van der Waals surface area contributed by atoms with E-state index in [0.717, 1.165) is 12.8 Å². The lowest BCUT2D eigenvalue weighted by Gasteiger charge is -2.19. The molecule has 0 radical (unpaired) electrons. The fourth-order valence-corrected chi connectivity index (χ4v) is 5.32. The average Bonchev–Trinajstić information content (AvgIpc) is 2.63. The minimum absolute atomic E-state index is 0.139. The molecule has 0 saturated heterocycles. The SMILES string of the molecule is CCN(CC)S(=O)(=O)c1ccc(Cl)c(NC(=O)C[NH2+]C2CCCCCCC2)c1. The summed E-state index contributed by atoms with van der Waals surface area (Å²) in [6.07, 6.45) is 8.61. The highest BCUT2D eigenvalue weighted by atomic mass is 35.5. The Bertz CT molecular complexity index is 743. The molecule has 6 nitrogen and oxygen atoms in total. The molecule has 158 valence electrons. The number of benzene rings is 1. The van der Waals surface area contributed by atoms with Gasteiger partial charge in [-0.25, -0.2) is 8.42 Å². The summed E-state index contributed by atoms with van der Waals surface area (Å²) in [5.41, 5.74) is 0.339. The van der Waals surface area contributed by atoms with Crippen molar-refractivity contribution < 1.29 is 18.5 Å². The second kappa shape index (κ2) is 11.1. The molecule has 0 heterocycles. The normalized spacial score (nSPS) is 16.6. The average molecular weight is 431 g/mol. The Hall–Kier alpha value is -1.15. The zero-order valence-electron chi connectivity index (χ0n) is 16.9. The van der Waals surface area contributed by atoms with Gasteiger partial charge in [-0.3, -0.25) is 4.79 Å². The molecule has 1 saturated carbocycles. The number of rotatable bonds is 8. The maximum atomic E-state index is 12.7. The van der Waals surface area contributed by atoms with Crippen molar-refractivity contribution in [3.05, 3.63) is 23.2 Å². The summed E-state index contributed by atoms with van der Waals surface area (Å²) in [5.74, 6) is -0.165. The summed E-state index contributed by atoms with van der Waals surface area (Å²) in [7, 11) is -3.60. The van der Waals surface area contributed by atoms with E-state index in [1.165, 1.54) is 54.6 Å². The summed E-state index contributed by atoms with van der Waals surface area (Å²) in [4.78, 5) is 12.5. The Kier molecular flexibility index (Phi) is 9.21. The number of nitrogens with one attached hydrogen (secondary N) is 1. The first-order chi connectivity index (χ1) is 13.4. The van der Waals surface area contributed by atoms with Gasteiger partial charge in [-0.1, -0.05) is 44.7 Å². The van der Waals surface area contributed by atoms with E-state index in [4.69, 9.17) is 11.6 Å². The van der Waals surface area contributed by atoms with Crippen molar-refractivity contribution in [1.29, 1.82) is 0 Å². The summed E-state index contributed by atoms with van der Waals surface area (Å²) >= 11 is 6.19. The van der Waals surface area contributed by atoms with Gasteiger partial charge < -0.3 is 10.6 Å². The molecular formula is C20H33ClN3O3S+. The lowest BCUT2D eigenvalue weighted by atomic mass is 9.97. The predicted octanol–water partition coefficient (Wildman–Crippen LogP) is 2.99. The van der Waals surface area contributed by atoms with Crippen LogP contribution >= 0.6 is 11.6 Å². The van der Waals surface area contributed by atoms with Crippen molar-refractivity contribution in [3.63, 3.8) is 0 Å². The van der Waals surface area contributed by atoms with Gasteiger partial charge in [-0.15, -0.1) is 0 Å². The second-order valence-electron chi connectivity index (χ2n) is 7.32. The molecule has 3 N–H and O–H groups in total. The molecule has 8 heteroatoms. The predicted molar refractivity (Wildman–Crippen MR) is 113 cm³/mol. The molecule has 1 amide bonds. The van der Waals surface area contributed by atoms with Crippen molar-refractivity contribution in [2.75, 3.05) is 25.0 Å². The molecule has 0 unspecified atom stereocenters. The van der Waals surface area contributed by atoms with Crippen LogP contribution in [0.2, 0.25) is 5.02 Å². The first-order valence-electron chi connectivity index (χ1n) is 10.3. The van der Waals surface area contributed by atoms with Crippen LogP contribution in [0.3, 0.4) is 0 Å². The number of halogens is 1. The van der Waals surface area contributed by atoms with E-state index in [0.29, 0.717) is 36.4 Å². The smallest absolute Gasteiger partial charge is 0.279 e. The quantitative estimate of drug-likeness (QED) is 0.665. The molecule has 1 aromatic rings. The molecular weight excluding hydrogens is 398 g/mol. The number of sulfonamides is 1. The van der Waals surface area contributed by atoms with Gasteiger partial charge in [0.1, 0.15) is 0 Å². The van der Waals surface area contributed by atoms with Crippen molar-refractivity contribution >= 4 is 33.2 Å². The minimum atomic E-state index is -3.60. The topological polar surface area (TPSA) is 83.1 Å². The number of hydrogen-bond donors (Lipinski definition) is 2. The number of anilines is 1. The van der Waals surface area contributed by atoms with Crippen LogP contribution in [0.5, 0.6) is 0 Å². The fraction of sp³-hybridized carbons (Fsp3) is 0.650. The van der Waals surface area contributed by atoms with Gasteiger partial charge >= 0.3 is 0 Å². The molecule has 1 fully saturated rings. The summed E-state index contributed by atoms with van der Waals surface area (Å²) < 4.78 is 26.8. The van der Waals surface area contributed by atoms with E-state index < -0.39 is 10.0 Å². The Balaban J connectivity index is 2.01. The number of amides is 1. The van der Waals surface area contributed by atoms with Crippen molar-refractivity contribution in [2.24, 2.45) is 0 Å². The van der Waals surface area contributed by atoms with E-state index in [-0.39, 0.29) is 10.8 Å². The Morgan fingerprint density at radius 1 is 1.14 bits per heavy atom. The second-order valence-corrected chi connectivity index (χ2v) is 9.67. The third-order valence-corrected chi connectivity index (χ3v) is 7.72. The van der Waals surface area contributed by atoms with Crippen molar-refractivity contribution in [1.82, 2.24) is 4.31 Å². The van der Waals surface area contributed by atoms with E-state index in [1.807, 2.05) is 0 Å². The first kappa shape index (κ1) is 23.1. The fourth-order valence-electron chi connectivity index (χ4n) is 3.67. The van der Waals surface area contributed by atoms with Crippen LogP contribution in [0.25, 0.3) is 0 Å². The maximum absolute atomic E-state index is 12.7. The molecule has 28 heavy (non-hydrogen) atoms.